The van der Waals surface area contributed by atoms with E-state index < -0.39 is 5.83 Å². The van der Waals surface area contributed by atoms with Crippen molar-refractivity contribution in [3.05, 3.63) is 18.3 Å². The van der Waals surface area contributed by atoms with Crippen molar-refractivity contribution >= 4 is 0 Å². The molecule has 2 heteroatoms. The van der Waals surface area contributed by atoms with Crippen LogP contribution < -0.4 is 0 Å². The van der Waals surface area contributed by atoms with Gasteiger partial charge in [0, 0.05) is 6.61 Å². The Morgan fingerprint density at radius 1 is 1.78 bits per heavy atom. The van der Waals surface area contributed by atoms with Gasteiger partial charge in [0.05, 0.1) is 6.42 Å². The number of aliphatic hydroxyl groups excluding tert-OH is 1. The average molecular weight is 127 g/mol. The molecule has 0 aromatic heterocycles. The molecule has 0 aliphatic carbocycles. The van der Waals surface area contributed by atoms with E-state index >= 15 is 0 Å². The number of rotatable bonds is 3. The van der Waals surface area contributed by atoms with Gasteiger partial charge in [0.1, 0.15) is 5.83 Å². The van der Waals surface area contributed by atoms with Gasteiger partial charge in [-0.05, 0) is 12.5 Å². The van der Waals surface area contributed by atoms with Gasteiger partial charge in [0.2, 0.25) is 0 Å². The molecule has 0 saturated carbocycles. The van der Waals surface area contributed by atoms with Crippen molar-refractivity contribution in [1.29, 1.82) is 0 Å². The summed E-state index contributed by atoms with van der Waals surface area (Å²) in [6.45, 7) is -0.0498. The third-order valence-electron chi connectivity index (χ3n) is 0.690. The molecule has 0 unspecified atom stereocenters. The summed E-state index contributed by atoms with van der Waals surface area (Å²) < 4.78 is 12.1. The maximum Gasteiger partial charge on any atom is 0.113 e. The standard InChI is InChI=1S/C7H8FO/c1-2-4-7(8)5-3-6-9/h1,4-5,9H,3,6H2. The first-order valence-corrected chi connectivity index (χ1v) is 2.57. The van der Waals surface area contributed by atoms with Crippen molar-refractivity contribution in [1.82, 2.24) is 0 Å². The van der Waals surface area contributed by atoms with Crippen LogP contribution in [0.4, 0.5) is 4.39 Å². The predicted octanol–water partition coefficient (Wildman–Crippen LogP) is 1.06. The third kappa shape index (κ3) is 5.05. The molecule has 1 nitrogen and oxygen atoms in total. The molecule has 1 radical (unpaired) electrons. The largest absolute Gasteiger partial charge is 0.396 e. The summed E-state index contributed by atoms with van der Waals surface area (Å²) in [5.41, 5.74) is 0. The molecule has 0 spiro atoms. The van der Waals surface area contributed by atoms with E-state index in [0.29, 0.717) is 6.42 Å². The molecular formula is C7H8FO. The molecule has 0 aliphatic rings. The summed E-state index contributed by atoms with van der Waals surface area (Å²) in [4.78, 5) is 0. The Bertz CT molecular complexity index is 132. The zero-order valence-electron chi connectivity index (χ0n) is 4.97. The molecule has 0 aliphatic heterocycles. The topological polar surface area (TPSA) is 20.2 Å². The molecule has 0 saturated heterocycles. The van der Waals surface area contributed by atoms with E-state index in [1.807, 2.05) is 5.92 Å². The minimum atomic E-state index is -0.466. The highest BCUT2D eigenvalue weighted by molar-refractivity contribution is 5.19. The summed E-state index contributed by atoms with van der Waals surface area (Å²) in [5, 5.41) is 8.21. The summed E-state index contributed by atoms with van der Waals surface area (Å²) in [5.74, 6) is 1.56. The van der Waals surface area contributed by atoms with Crippen molar-refractivity contribution in [3.8, 4) is 12.3 Å². The fraction of sp³-hybridized carbons (Fsp3) is 0.286. The van der Waals surface area contributed by atoms with Crippen LogP contribution in [-0.4, -0.2) is 11.7 Å². The van der Waals surface area contributed by atoms with Crippen LogP contribution in [-0.2, 0) is 0 Å². The lowest BCUT2D eigenvalue weighted by Crippen LogP contribution is -1.78. The quantitative estimate of drug-likeness (QED) is 0.562. The molecule has 0 aromatic carbocycles. The van der Waals surface area contributed by atoms with E-state index in [2.05, 4.69) is 0 Å². The van der Waals surface area contributed by atoms with Gasteiger partial charge in [-0.25, -0.2) is 4.39 Å². The van der Waals surface area contributed by atoms with Crippen LogP contribution in [0, 0.1) is 18.8 Å². The number of halogens is 1. The van der Waals surface area contributed by atoms with Gasteiger partial charge in [-0.2, -0.15) is 0 Å². The summed E-state index contributed by atoms with van der Waals surface area (Å²) >= 11 is 0. The first kappa shape index (κ1) is 8.19. The van der Waals surface area contributed by atoms with Gasteiger partial charge in [-0.15, -0.1) is 6.42 Å². The lowest BCUT2D eigenvalue weighted by molar-refractivity contribution is 0.301. The number of allylic oxidation sites excluding steroid dienone is 1. The van der Waals surface area contributed by atoms with E-state index in [4.69, 9.17) is 11.5 Å². The minimum absolute atomic E-state index is 0.0498. The molecule has 0 fully saturated rings. The second-order valence-corrected chi connectivity index (χ2v) is 1.41. The van der Waals surface area contributed by atoms with Crippen molar-refractivity contribution < 1.29 is 9.50 Å². The number of hydrogen-bond donors (Lipinski definition) is 1. The lowest BCUT2D eigenvalue weighted by Gasteiger charge is -1.86. The maximum absolute atomic E-state index is 12.1. The van der Waals surface area contributed by atoms with Gasteiger partial charge in [-0.3, -0.25) is 0 Å². The molecule has 0 atom stereocenters. The van der Waals surface area contributed by atoms with E-state index in [1.54, 1.807) is 0 Å². The zero-order chi connectivity index (χ0) is 7.11. The molecule has 49 valence electrons. The van der Waals surface area contributed by atoms with E-state index in [1.165, 1.54) is 6.08 Å². The zero-order valence-corrected chi connectivity index (χ0v) is 4.97. The Morgan fingerprint density at radius 3 is 2.89 bits per heavy atom. The molecule has 9 heavy (non-hydrogen) atoms. The smallest absolute Gasteiger partial charge is 0.113 e. The summed E-state index contributed by atoms with van der Waals surface area (Å²) in [6, 6.07) is 0. The molecule has 0 amide bonds. The molecule has 0 aromatic rings. The fourth-order valence-corrected chi connectivity index (χ4v) is 0.341. The Kier molecular flexibility index (Phi) is 4.85. The molecule has 0 bridgehead atoms. The van der Waals surface area contributed by atoms with Crippen LogP contribution in [0.3, 0.4) is 0 Å². The molecule has 1 N–H and O–H groups in total. The van der Waals surface area contributed by atoms with Crippen LogP contribution >= 0.6 is 0 Å². The van der Waals surface area contributed by atoms with Crippen LogP contribution in [0.1, 0.15) is 6.42 Å². The first-order valence-electron chi connectivity index (χ1n) is 2.57. The lowest BCUT2D eigenvalue weighted by atomic mass is 10.3. The number of terminal acetylenes is 1. The van der Waals surface area contributed by atoms with Crippen LogP contribution in [0.5, 0.6) is 0 Å². The van der Waals surface area contributed by atoms with Gasteiger partial charge in [0.25, 0.3) is 0 Å². The normalized spacial score (nSPS) is 11.0. The SMILES string of the molecule is C#C[CH]C(F)=CCCO. The van der Waals surface area contributed by atoms with Crippen LogP contribution in [0.15, 0.2) is 11.9 Å². The predicted molar refractivity (Wildman–Crippen MR) is 34.0 cm³/mol. The minimum Gasteiger partial charge on any atom is -0.396 e. The van der Waals surface area contributed by atoms with Crippen LogP contribution in [0.25, 0.3) is 0 Å². The average Bonchev–Trinajstić information content (AvgIpc) is 1.85. The van der Waals surface area contributed by atoms with Gasteiger partial charge in [0.15, 0.2) is 0 Å². The van der Waals surface area contributed by atoms with Crippen molar-refractivity contribution in [2.24, 2.45) is 0 Å². The first-order chi connectivity index (χ1) is 4.31. The highest BCUT2D eigenvalue weighted by atomic mass is 19.1. The highest BCUT2D eigenvalue weighted by Crippen LogP contribution is 2.00. The van der Waals surface area contributed by atoms with E-state index in [9.17, 15) is 4.39 Å². The monoisotopic (exact) mass is 127 g/mol. The third-order valence-corrected chi connectivity index (χ3v) is 0.690. The second-order valence-electron chi connectivity index (χ2n) is 1.41. The van der Waals surface area contributed by atoms with Crippen LogP contribution in [0.2, 0.25) is 0 Å². The Labute approximate surface area is 54.2 Å². The molecular weight excluding hydrogens is 119 g/mol. The number of aliphatic hydroxyl groups is 1. The molecule has 0 heterocycles. The van der Waals surface area contributed by atoms with E-state index in [0.717, 1.165) is 6.42 Å². The van der Waals surface area contributed by atoms with Crippen molar-refractivity contribution in [2.45, 2.75) is 6.42 Å². The van der Waals surface area contributed by atoms with E-state index in [-0.39, 0.29) is 6.61 Å². The summed E-state index contributed by atoms with van der Waals surface area (Å²) in [6.07, 6.45) is 7.31. The van der Waals surface area contributed by atoms with Gasteiger partial charge < -0.3 is 5.11 Å². The Balaban J connectivity index is 3.46. The Morgan fingerprint density at radius 2 is 2.44 bits per heavy atom. The maximum atomic E-state index is 12.1. The van der Waals surface area contributed by atoms with Crippen molar-refractivity contribution in [2.75, 3.05) is 6.61 Å². The second kappa shape index (κ2) is 5.33. The summed E-state index contributed by atoms with van der Waals surface area (Å²) in [7, 11) is 0. The molecule has 0 rings (SSSR count). The fourth-order valence-electron chi connectivity index (χ4n) is 0.341. The highest BCUT2D eigenvalue weighted by Gasteiger charge is 1.88. The number of hydrogen-bond acceptors (Lipinski definition) is 1. The van der Waals surface area contributed by atoms with Gasteiger partial charge in [-0.1, -0.05) is 5.92 Å². The van der Waals surface area contributed by atoms with Crippen molar-refractivity contribution in [3.63, 3.8) is 0 Å². The Hall–Kier alpha value is -0.810. The van der Waals surface area contributed by atoms with Gasteiger partial charge >= 0.3 is 0 Å².